The molecule has 1 rings (SSSR count). The second-order valence-electron chi connectivity index (χ2n) is 3.20. The molecule has 0 saturated carbocycles. The largest absolute Gasteiger partial charge is 0.269 e. The number of hydrogen-bond acceptors (Lipinski definition) is 3. The maximum atomic E-state index is 4.65. The molecular weight excluding hydrogens is 186 g/mol. The summed E-state index contributed by atoms with van der Waals surface area (Å²) >= 11 is 3.88. The summed E-state index contributed by atoms with van der Waals surface area (Å²) < 4.78 is 0.682. The van der Waals surface area contributed by atoms with Gasteiger partial charge in [-0.05, 0) is 20.3 Å². The van der Waals surface area contributed by atoms with Crippen LogP contribution in [0.4, 0.5) is 0 Å². The van der Waals surface area contributed by atoms with E-state index in [1.807, 2.05) is 23.5 Å². The molecule has 0 aliphatic carbocycles. The molecule has 0 aromatic carbocycles. The lowest BCUT2D eigenvalue weighted by Gasteiger charge is -2.24. The first-order valence-electron chi connectivity index (χ1n) is 4.53. The summed E-state index contributed by atoms with van der Waals surface area (Å²) in [5.41, 5.74) is 0. The Bertz CT molecular complexity index is 179. The van der Waals surface area contributed by atoms with Crippen molar-refractivity contribution in [3.05, 3.63) is 0 Å². The zero-order valence-electron chi connectivity index (χ0n) is 8.20. The summed E-state index contributed by atoms with van der Waals surface area (Å²) in [4.78, 5) is 4.65. The highest BCUT2D eigenvalue weighted by atomic mass is 32.2. The van der Waals surface area contributed by atoms with Crippen LogP contribution in [0.5, 0.6) is 0 Å². The van der Waals surface area contributed by atoms with Crippen LogP contribution >= 0.6 is 23.5 Å². The van der Waals surface area contributed by atoms with E-state index in [0.29, 0.717) is 15.9 Å². The Morgan fingerprint density at radius 3 is 2.67 bits per heavy atom. The van der Waals surface area contributed by atoms with E-state index >= 15 is 0 Å². The van der Waals surface area contributed by atoms with Crippen molar-refractivity contribution in [2.24, 2.45) is 10.9 Å². The fourth-order valence-corrected chi connectivity index (χ4v) is 3.89. The van der Waals surface area contributed by atoms with Crippen LogP contribution in [0.25, 0.3) is 0 Å². The van der Waals surface area contributed by atoms with E-state index in [-0.39, 0.29) is 0 Å². The lowest BCUT2D eigenvalue weighted by atomic mass is 10.1. The number of aliphatic imine (C=N–C) groups is 1. The fraction of sp³-hybridized carbons (Fsp3) is 0.889. The minimum atomic E-state index is 0.463. The van der Waals surface area contributed by atoms with Gasteiger partial charge in [-0.1, -0.05) is 25.6 Å². The van der Waals surface area contributed by atoms with Crippen LogP contribution in [0, 0.1) is 5.92 Å². The van der Waals surface area contributed by atoms with Crippen molar-refractivity contribution in [1.29, 1.82) is 0 Å². The molecule has 0 aromatic heterocycles. The zero-order chi connectivity index (χ0) is 9.14. The van der Waals surface area contributed by atoms with Gasteiger partial charge in [-0.15, -0.1) is 11.8 Å². The zero-order valence-corrected chi connectivity index (χ0v) is 9.84. The maximum Gasteiger partial charge on any atom is 0.0944 e. The van der Waals surface area contributed by atoms with Gasteiger partial charge in [0, 0.05) is 5.92 Å². The highest BCUT2D eigenvalue weighted by molar-refractivity contribution is 8.25. The Morgan fingerprint density at radius 1 is 1.50 bits per heavy atom. The van der Waals surface area contributed by atoms with Crippen LogP contribution in [0.3, 0.4) is 0 Å². The Hall–Kier alpha value is 0.370. The van der Waals surface area contributed by atoms with Crippen molar-refractivity contribution < 1.29 is 0 Å². The average Bonchev–Trinajstić information content (AvgIpc) is 2.01. The number of hydrogen-bond donors (Lipinski definition) is 0. The number of thioether (sulfide) groups is 2. The highest BCUT2D eigenvalue weighted by Crippen LogP contribution is 2.36. The topological polar surface area (TPSA) is 12.4 Å². The summed E-state index contributed by atoms with van der Waals surface area (Å²) in [5.74, 6) is 0.654. The third kappa shape index (κ3) is 2.70. The van der Waals surface area contributed by atoms with Gasteiger partial charge in [0.25, 0.3) is 0 Å². The first-order valence-corrected chi connectivity index (χ1v) is 6.35. The first kappa shape index (κ1) is 10.5. The van der Waals surface area contributed by atoms with Crippen molar-refractivity contribution in [3.63, 3.8) is 0 Å². The molecule has 1 aliphatic heterocycles. The van der Waals surface area contributed by atoms with Gasteiger partial charge in [0.1, 0.15) is 0 Å². The molecule has 1 aliphatic rings. The van der Waals surface area contributed by atoms with Gasteiger partial charge in [-0.3, -0.25) is 4.99 Å². The van der Waals surface area contributed by atoms with E-state index in [2.05, 4.69) is 32.7 Å². The summed E-state index contributed by atoms with van der Waals surface area (Å²) in [5, 5.41) is 1.82. The molecule has 1 nitrogen and oxygen atoms in total. The SMILES string of the molecule is CCC(C)C1=NC(C)SC(C)S1. The summed E-state index contributed by atoms with van der Waals surface area (Å²) in [6.07, 6.45) is 1.20. The predicted molar refractivity (Wildman–Crippen MR) is 61.0 cm³/mol. The molecule has 3 heteroatoms. The number of nitrogens with zero attached hydrogens (tertiary/aromatic N) is 1. The Labute approximate surface area is 83.8 Å². The summed E-state index contributed by atoms with van der Waals surface area (Å²) in [6, 6.07) is 0. The van der Waals surface area contributed by atoms with Gasteiger partial charge in [0.2, 0.25) is 0 Å². The molecule has 0 bridgehead atoms. The molecule has 0 fully saturated rings. The van der Waals surface area contributed by atoms with Crippen LogP contribution in [-0.2, 0) is 0 Å². The Kier molecular flexibility index (Phi) is 3.97. The Balaban J connectivity index is 2.63. The van der Waals surface area contributed by atoms with Crippen LogP contribution < -0.4 is 0 Å². The van der Waals surface area contributed by atoms with E-state index < -0.39 is 0 Å². The third-order valence-electron chi connectivity index (χ3n) is 2.02. The van der Waals surface area contributed by atoms with Gasteiger partial charge >= 0.3 is 0 Å². The lowest BCUT2D eigenvalue weighted by Crippen LogP contribution is -2.17. The normalized spacial score (nSPS) is 32.8. The maximum absolute atomic E-state index is 4.65. The van der Waals surface area contributed by atoms with E-state index in [1.54, 1.807) is 0 Å². The molecule has 0 radical (unpaired) electrons. The third-order valence-corrected chi connectivity index (χ3v) is 4.60. The molecule has 1 heterocycles. The molecule has 3 atom stereocenters. The number of rotatable bonds is 2. The minimum Gasteiger partial charge on any atom is -0.269 e. The standard InChI is InChI=1S/C9H17NS2/c1-5-6(2)9-10-7(3)11-8(4)12-9/h6-8H,5H2,1-4H3. The van der Waals surface area contributed by atoms with Crippen molar-refractivity contribution >= 4 is 28.6 Å². The predicted octanol–water partition coefficient (Wildman–Crippen LogP) is 3.60. The molecule has 0 N–H and O–H groups in total. The van der Waals surface area contributed by atoms with Crippen molar-refractivity contribution in [2.75, 3.05) is 0 Å². The van der Waals surface area contributed by atoms with Crippen LogP contribution in [-0.4, -0.2) is 15.0 Å². The van der Waals surface area contributed by atoms with E-state index in [9.17, 15) is 0 Å². The van der Waals surface area contributed by atoms with E-state index in [4.69, 9.17) is 0 Å². The molecule has 3 unspecified atom stereocenters. The fourth-order valence-electron chi connectivity index (χ4n) is 1.13. The molecule has 0 aromatic rings. The van der Waals surface area contributed by atoms with Crippen LogP contribution in [0.1, 0.15) is 34.1 Å². The molecule has 0 amide bonds. The molecule has 12 heavy (non-hydrogen) atoms. The minimum absolute atomic E-state index is 0.463. The second-order valence-corrected chi connectivity index (χ2v) is 6.52. The van der Waals surface area contributed by atoms with Gasteiger partial charge in [-0.25, -0.2) is 0 Å². The summed E-state index contributed by atoms with van der Waals surface area (Å²) in [6.45, 7) is 8.94. The van der Waals surface area contributed by atoms with E-state index in [1.165, 1.54) is 11.5 Å². The van der Waals surface area contributed by atoms with Gasteiger partial charge in [-0.2, -0.15) is 0 Å². The highest BCUT2D eigenvalue weighted by Gasteiger charge is 2.21. The molecule has 0 spiro atoms. The molecule has 70 valence electrons. The lowest BCUT2D eigenvalue weighted by molar-refractivity contribution is 0.743. The quantitative estimate of drug-likeness (QED) is 0.680. The van der Waals surface area contributed by atoms with Gasteiger partial charge in [0.05, 0.1) is 15.0 Å². The van der Waals surface area contributed by atoms with Crippen molar-refractivity contribution in [2.45, 2.75) is 44.1 Å². The second kappa shape index (κ2) is 4.56. The average molecular weight is 203 g/mol. The van der Waals surface area contributed by atoms with Crippen molar-refractivity contribution in [1.82, 2.24) is 0 Å². The van der Waals surface area contributed by atoms with Crippen LogP contribution in [0.2, 0.25) is 0 Å². The van der Waals surface area contributed by atoms with Gasteiger partial charge < -0.3 is 0 Å². The smallest absolute Gasteiger partial charge is 0.0944 e. The molecule has 0 saturated heterocycles. The molecular formula is C9H17NS2. The van der Waals surface area contributed by atoms with Gasteiger partial charge in [0.15, 0.2) is 0 Å². The Morgan fingerprint density at radius 2 is 2.17 bits per heavy atom. The first-order chi connectivity index (χ1) is 5.63. The summed E-state index contributed by atoms with van der Waals surface area (Å²) in [7, 11) is 0. The van der Waals surface area contributed by atoms with Crippen LogP contribution in [0.15, 0.2) is 4.99 Å². The monoisotopic (exact) mass is 203 g/mol. The van der Waals surface area contributed by atoms with E-state index in [0.717, 1.165) is 0 Å². The van der Waals surface area contributed by atoms with Crippen molar-refractivity contribution in [3.8, 4) is 0 Å².